The number of anilines is 1. The first-order chi connectivity index (χ1) is 6.15. The minimum atomic E-state index is -0.0648. The Morgan fingerprint density at radius 2 is 2.46 bits per heavy atom. The van der Waals surface area contributed by atoms with Crippen molar-refractivity contribution in [3.63, 3.8) is 0 Å². The summed E-state index contributed by atoms with van der Waals surface area (Å²) in [5.74, 6) is 0.701. The number of carbonyl (C=O) groups is 1. The highest BCUT2D eigenvalue weighted by molar-refractivity contribution is 5.87. The van der Waals surface area contributed by atoms with E-state index in [-0.39, 0.29) is 5.91 Å². The van der Waals surface area contributed by atoms with Gasteiger partial charge in [-0.2, -0.15) is 5.10 Å². The molecular formula is C9H15N3O. The Hall–Kier alpha value is -1.32. The van der Waals surface area contributed by atoms with E-state index in [0.29, 0.717) is 6.04 Å². The van der Waals surface area contributed by atoms with E-state index in [1.165, 1.54) is 6.92 Å². The van der Waals surface area contributed by atoms with Gasteiger partial charge in [-0.05, 0) is 13.3 Å². The molecule has 0 fully saturated rings. The molecule has 4 heteroatoms. The van der Waals surface area contributed by atoms with E-state index in [2.05, 4.69) is 24.3 Å². The Kier molecular flexibility index (Phi) is 3.06. The summed E-state index contributed by atoms with van der Waals surface area (Å²) < 4.78 is 1.82. The summed E-state index contributed by atoms with van der Waals surface area (Å²) in [6, 6.07) is 2.12. The highest BCUT2D eigenvalue weighted by Crippen LogP contribution is 2.15. The van der Waals surface area contributed by atoms with Crippen molar-refractivity contribution in [2.24, 2.45) is 0 Å². The molecule has 0 aliphatic rings. The van der Waals surface area contributed by atoms with Gasteiger partial charge in [-0.25, -0.2) is 4.68 Å². The Morgan fingerprint density at radius 3 is 3.00 bits per heavy atom. The van der Waals surface area contributed by atoms with E-state index >= 15 is 0 Å². The normalized spacial score (nSPS) is 12.5. The van der Waals surface area contributed by atoms with Crippen molar-refractivity contribution < 1.29 is 4.79 Å². The second kappa shape index (κ2) is 4.07. The lowest BCUT2D eigenvalue weighted by Crippen LogP contribution is -2.14. The van der Waals surface area contributed by atoms with Gasteiger partial charge in [0, 0.05) is 13.0 Å². The molecule has 0 aliphatic heterocycles. The van der Waals surface area contributed by atoms with Gasteiger partial charge in [0.25, 0.3) is 0 Å². The molecule has 0 saturated heterocycles. The number of amides is 1. The second-order valence-electron chi connectivity index (χ2n) is 3.10. The average Bonchev–Trinajstić information content (AvgIpc) is 2.50. The Bertz CT molecular complexity index is 293. The molecule has 1 heterocycles. The third-order valence-electron chi connectivity index (χ3n) is 1.98. The molecule has 0 aliphatic carbocycles. The molecule has 0 saturated carbocycles. The molecule has 0 aromatic carbocycles. The van der Waals surface area contributed by atoms with Gasteiger partial charge in [0.2, 0.25) is 5.91 Å². The quantitative estimate of drug-likeness (QED) is 0.773. The predicted molar refractivity (Wildman–Crippen MR) is 51.5 cm³/mol. The van der Waals surface area contributed by atoms with E-state index in [1.807, 2.05) is 4.68 Å². The minimum absolute atomic E-state index is 0.0648. The van der Waals surface area contributed by atoms with Crippen LogP contribution in [0.1, 0.15) is 33.2 Å². The molecule has 1 aromatic rings. The molecule has 1 unspecified atom stereocenters. The van der Waals surface area contributed by atoms with Gasteiger partial charge in [0.05, 0.1) is 12.2 Å². The standard InChI is InChI=1S/C9H15N3O/c1-4-7(2)12-9(5-6-10-12)11-8(3)13/h5-7H,4H2,1-3H3,(H,11,13). The lowest BCUT2D eigenvalue weighted by molar-refractivity contribution is -0.114. The maximum Gasteiger partial charge on any atom is 0.222 e. The molecule has 0 radical (unpaired) electrons. The smallest absolute Gasteiger partial charge is 0.222 e. The third kappa shape index (κ3) is 2.31. The maximum atomic E-state index is 10.8. The van der Waals surface area contributed by atoms with E-state index in [1.54, 1.807) is 12.3 Å². The monoisotopic (exact) mass is 181 g/mol. The first-order valence-electron chi connectivity index (χ1n) is 4.46. The van der Waals surface area contributed by atoms with Gasteiger partial charge in [-0.3, -0.25) is 4.79 Å². The van der Waals surface area contributed by atoms with E-state index < -0.39 is 0 Å². The van der Waals surface area contributed by atoms with Crippen molar-refractivity contribution in [2.45, 2.75) is 33.2 Å². The van der Waals surface area contributed by atoms with Gasteiger partial charge in [0.15, 0.2) is 0 Å². The lowest BCUT2D eigenvalue weighted by atomic mass is 10.3. The number of rotatable bonds is 3. The summed E-state index contributed by atoms with van der Waals surface area (Å²) in [5.41, 5.74) is 0. The Labute approximate surface area is 77.9 Å². The molecule has 13 heavy (non-hydrogen) atoms. The van der Waals surface area contributed by atoms with Crippen molar-refractivity contribution in [1.29, 1.82) is 0 Å². The summed E-state index contributed by atoms with van der Waals surface area (Å²) in [6.07, 6.45) is 2.69. The van der Waals surface area contributed by atoms with Crippen molar-refractivity contribution in [3.8, 4) is 0 Å². The van der Waals surface area contributed by atoms with E-state index in [4.69, 9.17) is 0 Å². The first-order valence-corrected chi connectivity index (χ1v) is 4.46. The van der Waals surface area contributed by atoms with Gasteiger partial charge < -0.3 is 5.32 Å². The SMILES string of the molecule is CCC(C)n1nccc1NC(C)=O. The molecule has 1 atom stereocenters. The summed E-state index contributed by atoms with van der Waals surface area (Å²) in [7, 11) is 0. The fourth-order valence-corrected chi connectivity index (χ4v) is 1.12. The van der Waals surface area contributed by atoms with Gasteiger partial charge >= 0.3 is 0 Å². The Morgan fingerprint density at radius 1 is 1.77 bits per heavy atom. The fourth-order valence-electron chi connectivity index (χ4n) is 1.12. The Balaban J connectivity index is 2.82. The number of hydrogen-bond donors (Lipinski definition) is 1. The van der Waals surface area contributed by atoms with Crippen LogP contribution >= 0.6 is 0 Å². The van der Waals surface area contributed by atoms with Crippen LogP contribution in [-0.2, 0) is 4.79 Å². The summed E-state index contributed by atoms with van der Waals surface area (Å²) in [4.78, 5) is 10.8. The van der Waals surface area contributed by atoms with E-state index in [9.17, 15) is 4.79 Å². The van der Waals surface area contributed by atoms with Crippen molar-refractivity contribution in [1.82, 2.24) is 9.78 Å². The van der Waals surface area contributed by atoms with Crippen LogP contribution in [0.5, 0.6) is 0 Å². The number of hydrogen-bond acceptors (Lipinski definition) is 2. The van der Waals surface area contributed by atoms with Gasteiger partial charge in [0.1, 0.15) is 5.82 Å². The molecule has 0 bridgehead atoms. The first kappa shape index (κ1) is 9.77. The van der Waals surface area contributed by atoms with Crippen LogP contribution in [0.4, 0.5) is 5.82 Å². The van der Waals surface area contributed by atoms with Crippen molar-refractivity contribution in [2.75, 3.05) is 5.32 Å². The predicted octanol–water partition coefficient (Wildman–Crippen LogP) is 1.81. The van der Waals surface area contributed by atoms with Crippen molar-refractivity contribution >= 4 is 11.7 Å². The summed E-state index contributed by atoms with van der Waals surface area (Å²) >= 11 is 0. The molecule has 1 rings (SSSR count). The van der Waals surface area contributed by atoms with Crippen LogP contribution in [0.3, 0.4) is 0 Å². The fraction of sp³-hybridized carbons (Fsp3) is 0.556. The third-order valence-corrected chi connectivity index (χ3v) is 1.98. The minimum Gasteiger partial charge on any atom is -0.311 e. The highest BCUT2D eigenvalue weighted by atomic mass is 16.1. The molecule has 72 valence electrons. The number of aromatic nitrogens is 2. The summed E-state index contributed by atoms with van der Waals surface area (Å²) in [5, 5.41) is 6.87. The second-order valence-corrected chi connectivity index (χ2v) is 3.10. The van der Waals surface area contributed by atoms with Crippen LogP contribution in [0.25, 0.3) is 0 Å². The average molecular weight is 181 g/mol. The molecule has 1 N–H and O–H groups in total. The maximum absolute atomic E-state index is 10.8. The van der Waals surface area contributed by atoms with Crippen LogP contribution in [0.15, 0.2) is 12.3 Å². The zero-order valence-electron chi connectivity index (χ0n) is 8.24. The number of nitrogens with one attached hydrogen (secondary N) is 1. The van der Waals surface area contributed by atoms with Crippen LogP contribution in [-0.4, -0.2) is 15.7 Å². The van der Waals surface area contributed by atoms with Crippen molar-refractivity contribution in [3.05, 3.63) is 12.3 Å². The van der Waals surface area contributed by atoms with Crippen LogP contribution in [0, 0.1) is 0 Å². The zero-order chi connectivity index (χ0) is 9.84. The molecule has 1 aromatic heterocycles. The molecule has 4 nitrogen and oxygen atoms in total. The van der Waals surface area contributed by atoms with Gasteiger partial charge in [-0.15, -0.1) is 0 Å². The number of nitrogens with zero attached hydrogens (tertiary/aromatic N) is 2. The molecule has 0 spiro atoms. The zero-order valence-corrected chi connectivity index (χ0v) is 8.24. The van der Waals surface area contributed by atoms with Gasteiger partial charge in [-0.1, -0.05) is 6.92 Å². The van der Waals surface area contributed by atoms with Crippen LogP contribution in [0.2, 0.25) is 0 Å². The lowest BCUT2D eigenvalue weighted by Gasteiger charge is -2.13. The topological polar surface area (TPSA) is 46.9 Å². The van der Waals surface area contributed by atoms with E-state index in [0.717, 1.165) is 12.2 Å². The number of carbonyl (C=O) groups excluding carboxylic acids is 1. The molecule has 1 amide bonds. The largest absolute Gasteiger partial charge is 0.311 e. The summed E-state index contributed by atoms with van der Waals surface area (Å²) in [6.45, 7) is 5.65. The van der Waals surface area contributed by atoms with Crippen LogP contribution < -0.4 is 5.32 Å². The molecular weight excluding hydrogens is 166 g/mol. The highest BCUT2D eigenvalue weighted by Gasteiger charge is 2.08.